The molecule has 0 spiro atoms. The fraction of sp³-hybridized carbons (Fsp3) is 0.273. The van der Waals surface area contributed by atoms with Gasteiger partial charge in [0.25, 0.3) is 11.5 Å². The highest BCUT2D eigenvalue weighted by atomic mass is 19.1. The summed E-state index contributed by atoms with van der Waals surface area (Å²) in [6, 6.07) is 14.4. The van der Waals surface area contributed by atoms with Gasteiger partial charge in [0.2, 0.25) is 5.69 Å². The molecule has 1 aliphatic rings. The van der Waals surface area contributed by atoms with E-state index < -0.39 is 28.7 Å². The van der Waals surface area contributed by atoms with E-state index in [9.17, 15) is 18.8 Å². The van der Waals surface area contributed by atoms with Gasteiger partial charge in [0, 0.05) is 13.2 Å². The Morgan fingerprint density at radius 3 is 2.58 bits per heavy atom. The fourth-order valence-corrected chi connectivity index (χ4v) is 3.44. The second-order valence-corrected chi connectivity index (χ2v) is 7.22. The number of aromatic nitrogens is 3. The minimum Gasteiger partial charge on any atom is -0.376 e. The summed E-state index contributed by atoms with van der Waals surface area (Å²) in [5.74, 6) is -1.44. The summed E-state index contributed by atoms with van der Waals surface area (Å²) in [5, 5.41) is 6.56. The Hall–Kier alpha value is -3.59. The van der Waals surface area contributed by atoms with Gasteiger partial charge < -0.3 is 10.1 Å². The topological polar surface area (TPSA) is 95.2 Å². The van der Waals surface area contributed by atoms with Crippen molar-refractivity contribution in [2.45, 2.75) is 25.5 Å². The van der Waals surface area contributed by atoms with E-state index in [1.807, 2.05) is 0 Å². The molecule has 1 amide bonds. The third kappa shape index (κ3) is 4.46. The van der Waals surface area contributed by atoms with E-state index in [1.54, 1.807) is 30.3 Å². The number of amides is 1. The van der Waals surface area contributed by atoms with Crippen molar-refractivity contribution in [3.63, 3.8) is 0 Å². The molecule has 1 fully saturated rings. The smallest absolute Gasteiger partial charge is 0.352 e. The lowest BCUT2D eigenvalue weighted by Gasteiger charge is -2.14. The van der Waals surface area contributed by atoms with Crippen molar-refractivity contribution in [3.05, 3.63) is 92.5 Å². The lowest BCUT2D eigenvalue weighted by Crippen LogP contribution is -2.46. The summed E-state index contributed by atoms with van der Waals surface area (Å²) in [5.41, 5.74) is -1.64. The van der Waals surface area contributed by atoms with E-state index in [1.165, 1.54) is 24.3 Å². The van der Waals surface area contributed by atoms with Crippen molar-refractivity contribution in [2.75, 3.05) is 13.2 Å². The molecule has 1 atom stereocenters. The Kier molecular flexibility index (Phi) is 6.03. The van der Waals surface area contributed by atoms with Crippen LogP contribution < -0.4 is 16.6 Å². The molecule has 2 heterocycles. The van der Waals surface area contributed by atoms with Crippen LogP contribution in [0, 0.1) is 5.82 Å². The highest BCUT2D eigenvalue weighted by Crippen LogP contribution is 2.11. The molecular formula is C22H21FN4O4. The number of nitrogens with zero attached hydrogens (tertiary/aromatic N) is 3. The number of carbonyl (C=O) groups excluding carboxylic acids is 1. The quantitative estimate of drug-likeness (QED) is 0.647. The monoisotopic (exact) mass is 424 g/mol. The van der Waals surface area contributed by atoms with Gasteiger partial charge in [-0.1, -0.05) is 42.5 Å². The second kappa shape index (κ2) is 9.05. The van der Waals surface area contributed by atoms with Crippen LogP contribution in [0.2, 0.25) is 0 Å². The van der Waals surface area contributed by atoms with E-state index in [-0.39, 0.29) is 24.9 Å². The predicted molar refractivity (Wildman–Crippen MR) is 111 cm³/mol. The fourth-order valence-electron chi connectivity index (χ4n) is 3.44. The van der Waals surface area contributed by atoms with E-state index in [4.69, 9.17) is 4.74 Å². The lowest BCUT2D eigenvalue weighted by molar-refractivity contribution is 0.0849. The standard InChI is InChI=1S/C22H21FN4O4/c23-17-10-4-5-11-18(17)27-22(30)26(14-15-7-2-1-3-8-15)21(29)19(25-27)20(28)24-13-16-9-6-12-31-16/h1-5,7-8,10-11,16H,6,9,12-14H2,(H,24,28)/t16-/m0/s1. The first-order valence-electron chi connectivity index (χ1n) is 9.97. The maximum absolute atomic E-state index is 14.4. The van der Waals surface area contributed by atoms with Crippen molar-refractivity contribution in [1.82, 2.24) is 19.7 Å². The summed E-state index contributed by atoms with van der Waals surface area (Å²) < 4.78 is 21.5. The Morgan fingerprint density at radius 1 is 1.13 bits per heavy atom. The summed E-state index contributed by atoms with van der Waals surface area (Å²) >= 11 is 0. The Labute approximate surface area is 176 Å². The molecule has 0 aliphatic carbocycles. The van der Waals surface area contributed by atoms with E-state index >= 15 is 0 Å². The van der Waals surface area contributed by atoms with Gasteiger partial charge in [-0.15, -0.1) is 0 Å². The normalized spacial score (nSPS) is 15.7. The van der Waals surface area contributed by atoms with E-state index in [0.29, 0.717) is 12.2 Å². The van der Waals surface area contributed by atoms with E-state index in [2.05, 4.69) is 10.4 Å². The Morgan fingerprint density at radius 2 is 1.87 bits per heavy atom. The number of nitrogens with one attached hydrogen (secondary N) is 1. The average Bonchev–Trinajstić information content (AvgIpc) is 3.30. The third-order valence-electron chi connectivity index (χ3n) is 5.05. The zero-order chi connectivity index (χ0) is 21.8. The highest BCUT2D eigenvalue weighted by molar-refractivity contribution is 5.91. The number of hydrogen-bond acceptors (Lipinski definition) is 5. The number of carbonyl (C=O) groups is 1. The molecule has 1 N–H and O–H groups in total. The summed E-state index contributed by atoms with van der Waals surface area (Å²) in [4.78, 5) is 38.8. The first-order chi connectivity index (χ1) is 15.0. The van der Waals surface area contributed by atoms with Crippen molar-refractivity contribution < 1.29 is 13.9 Å². The molecule has 0 bridgehead atoms. The van der Waals surface area contributed by atoms with Crippen LogP contribution in [0.3, 0.4) is 0 Å². The van der Waals surface area contributed by atoms with Gasteiger partial charge in [-0.05, 0) is 30.5 Å². The average molecular weight is 424 g/mol. The summed E-state index contributed by atoms with van der Waals surface area (Å²) in [6.45, 7) is 0.764. The van der Waals surface area contributed by atoms with Gasteiger partial charge in [-0.25, -0.2) is 9.18 Å². The van der Waals surface area contributed by atoms with Gasteiger partial charge in [0.1, 0.15) is 11.5 Å². The largest absolute Gasteiger partial charge is 0.376 e. The van der Waals surface area contributed by atoms with E-state index in [0.717, 1.165) is 22.1 Å². The van der Waals surface area contributed by atoms with Crippen molar-refractivity contribution in [1.29, 1.82) is 0 Å². The minimum atomic E-state index is -0.841. The minimum absolute atomic E-state index is 0.0818. The Bertz CT molecular complexity index is 1200. The van der Waals surface area contributed by atoms with Crippen molar-refractivity contribution >= 4 is 5.91 Å². The molecule has 0 unspecified atom stereocenters. The van der Waals surface area contributed by atoms with Gasteiger partial charge in [-0.2, -0.15) is 9.78 Å². The molecule has 3 aromatic rings. The molecular weight excluding hydrogens is 403 g/mol. The van der Waals surface area contributed by atoms with Crippen LogP contribution in [0.4, 0.5) is 4.39 Å². The van der Waals surface area contributed by atoms with Gasteiger partial charge in [0.15, 0.2) is 0 Å². The molecule has 8 nitrogen and oxygen atoms in total. The Balaban J connectivity index is 1.78. The zero-order valence-electron chi connectivity index (χ0n) is 16.7. The molecule has 0 saturated carbocycles. The third-order valence-corrected chi connectivity index (χ3v) is 5.05. The molecule has 160 valence electrons. The molecule has 0 radical (unpaired) electrons. The number of benzene rings is 2. The molecule has 4 rings (SSSR count). The highest BCUT2D eigenvalue weighted by Gasteiger charge is 2.23. The SMILES string of the molecule is O=C(NC[C@@H]1CCCO1)c1nn(-c2ccccc2F)c(=O)n(Cc2ccccc2)c1=O. The van der Waals surface area contributed by atoms with Gasteiger partial charge in [-0.3, -0.25) is 14.2 Å². The maximum Gasteiger partial charge on any atom is 0.352 e. The van der Waals surface area contributed by atoms with Gasteiger partial charge in [0.05, 0.1) is 12.6 Å². The second-order valence-electron chi connectivity index (χ2n) is 7.22. The van der Waals surface area contributed by atoms with Crippen LogP contribution in [0.5, 0.6) is 0 Å². The van der Waals surface area contributed by atoms with Crippen LogP contribution in [-0.2, 0) is 11.3 Å². The number of rotatable bonds is 6. The zero-order valence-corrected chi connectivity index (χ0v) is 16.7. The van der Waals surface area contributed by atoms with Crippen LogP contribution in [0.1, 0.15) is 28.9 Å². The number of hydrogen-bond donors (Lipinski definition) is 1. The van der Waals surface area contributed by atoms with Gasteiger partial charge >= 0.3 is 5.69 Å². The number of halogens is 1. The lowest BCUT2D eigenvalue weighted by atomic mass is 10.2. The van der Waals surface area contributed by atoms with Crippen LogP contribution in [-0.4, -0.2) is 39.5 Å². The van der Waals surface area contributed by atoms with Crippen LogP contribution in [0.25, 0.3) is 5.69 Å². The summed E-state index contributed by atoms with van der Waals surface area (Å²) in [7, 11) is 0. The van der Waals surface area contributed by atoms with Crippen LogP contribution >= 0.6 is 0 Å². The molecule has 1 aliphatic heterocycles. The molecule has 1 aromatic heterocycles. The summed E-state index contributed by atoms with van der Waals surface area (Å²) in [6.07, 6.45) is 1.58. The first-order valence-corrected chi connectivity index (χ1v) is 9.97. The number of ether oxygens (including phenoxy) is 1. The molecule has 1 saturated heterocycles. The van der Waals surface area contributed by atoms with Crippen LogP contribution in [0.15, 0.2) is 64.2 Å². The maximum atomic E-state index is 14.4. The molecule has 2 aromatic carbocycles. The number of para-hydroxylation sites is 1. The predicted octanol–water partition coefficient (Wildman–Crippen LogP) is 1.49. The van der Waals surface area contributed by atoms with Crippen molar-refractivity contribution in [2.24, 2.45) is 0 Å². The first kappa shape index (κ1) is 20.7. The van der Waals surface area contributed by atoms with Crippen molar-refractivity contribution in [3.8, 4) is 5.69 Å². The molecule has 9 heteroatoms. The molecule has 31 heavy (non-hydrogen) atoms.